The first-order valence-electron chi connectivity index (χ1n) is 6.42. The zero-order chi connectivity index (χ0) is 12.7. The number of nitrogens with one attached hydrogen (secondary N) is 2. The first-order valence-corrected chi connectivity index (χ1v) is 6.42. The number of likely N-dealkylation sites (N-methyl/N-ethyl adjacent to an activating group) is 1. The lowest BCUT2D eigenvalue weighted by Gasteiger charge is -2.19. The molecule has 1 rings (SSSR count). The Hall–Kier alpha value is -1.10. The summed E-state index contributed by atoms with van der Waals surface area (Å²) < 4.78 is 0. The minimum atomic E-state index is -0.0146. The maximum atomic E-state index is 11.6. The van der Waals surface area contributed by atoms with E-state index in [4.69, 9.17) is 0 Å². The molecule has 98 valence electrons. The molecule has 0 aromatic carbocycles. The Kier molecular flexibility index (Phi) is 5.97. The highest BCUT2D eigenvalue weighted by Gasteiger charge is 2.18. The van der Waals surface area contributed by atoms with E-state index in [0.29, 0.717) is 25.4 Å². The molecule has 1 unspecified atom stereocenters. The monoisotopic (exact) mass is 241 g/mol. The predicted octanol–water partition coefficient (Wildman–Crippen LogP) is -0.0294. The summed E-state index contributed by atoms with van der Waals surface area (Å²) in [5.41, 5.74) is 0. The van der Waals surface area contributed by atoms with Crippen molar-refractivity contribution in [2.45, 2.75) is 26.7 Å². The average Bonchev–Trinajstić information content (AvgIpc) is 2.81. The molecule has 1 atom stereocenters. The van der Waals surface area contributed by atoms with Crippen LogP contribution in [0.25, 0.3) is 0 Å². The zero-order valence-electron chi connectivity index (χ0n) is 10.8. The van der Waals surface area contributed by atoms with Crippen LogP contribution in [-0.4, -0.2) is 49.4 Å². The minimum absolute atomic E-state index is 0.00658. The molecule has 17 heavy (non-hydrogen) atoms. The first-order chi connectivity index (χ1) is 8.17. The van der Waals surface area contributed by atoms with E-state index in [-0.39, 0.29) is 18.4 Å². The molecule has 0 saturated carbocycles. The van der Waals surface area contributed by atoms with Crippen LogP contribution < -0.4 is 10.6 Å². The van der Waals surface area contributed by atoms with Crippen molar-refractivity contribution in [3.63, 3.8) is 0 Å². The highest BCUT2D eigenvalue weighted by molar-refractivity contribution is 5.84. The van der Waals surface area contributed by atoms with Crippen LogP contribution in [0.15, 0.2) is 0 Å². The van der Waals surface area contributed by atoms with Crippen LogP contribution in [0.1, 0.15) is 26.7 Å². The topological polar surface area (TPSA) is 61.4 Å². The molecular weight excluding hydrogens is 218 g/mol. The molecule has 0 aromatic rings. The van der Waals surface area contributed by atoms with Gasteiger partial charge in [0.15, 0.2) is 0 Å². The number of hydrogen-bond acceptors (Lipinski definition) is 3. The van der Waals surface area contributed by atoms with Gasteiger partial charge in [0.05, 0.1) is 6.54 Å². The van der Waals surface area contributed by atoms with Gasteiger partial charge in [0.2, 0.25) is 11.8 Å². The lowest BCUT2D eigenvalue weighted by molar-refractivity contribution is -0.132. The summed E-state index contributed by atoms with van der Waals surface area (Å²) in [6, 6.07) is 0. The summed E-state index contributed by atoms with van der Waals surface area (Å²) in [6.07, 6.45) is 1.58. The van der Waals surface area contributed by atoms with Gasteiger partial charge >= 0.3 is 0 Å². The van der Waals surface area contributed by atoms with Gasteiger partial charge in [-0.3, -0.25) is 9.59 Å². The minimum Gasteiger partial charge on any atom is -0.347 e. The summed E-state index contributed by atoms with van der Waals surface area (Å²) in [7, 11) is 0. The summed E-state index contributed by atoms with van der Waals surface area (Å²) in [5.74, 6) is 0.408. The van der Waals surface area contributed by atoms with Gasteiger partial charge in [-0.05, 0) is 39.3 Å². The molecule has 0 spiro atoms. The van der Waals surface area contributed by atoms with Gasteiger partial charge in [0, 0.05) is 19.5 Å². The van der Waals surface area contributed by atoms with Crippen molar-refractivity contribution < 1.29 is 9.59 Å². The van der Waals surface area contributed by atoms with Crippen molar-refractivity contribution in [3.05, 3.63) is 0 Å². The van der Waals surface area contributed by atoms with Crippen LogP contribution in [-0.2, 0) is 9.59 Å². The Morgan fingerprint density at radius 3 is 2.59 bits per heavy atom. The van der Waals surface area contributed by atoms with Crippen molar-refractivity contribution in [3.8, 4) is 0 Å². The molecule has 1 heterocycles. The van der Waals surface area contributed by atoms with Crippen molar-refractivity contribution >= 4 is 11.8 Å². The highest BCUT2D eigenvalue weighted by atomic mass is 16.2. The quantitative estimate of drug-likeness (QED) is 0.686. The molecule has 0 aromatic heterocycles. The van der Waals surface area contributed by atoms with Gasteiger partial charge in [-0.15, -0.1) is 0 Å². The molecule has 1 saturated heterocycles. The van der Waals surface area contributed by atoms with Gasteiger partial charge in [0.1, 0.15) is 0 Å². The van der Waals surface area contributed by atoms with Gasteiger partial charge in [-0.25, -0.2) is 0 Å². The van der Waals surface area contributed by atoms with Crippen LogP contribution in [0.5, 0.6) is 0 Å². The Bertz CT molecular complexity index is 258. The molecule has 1 fully saturated rings. The Morgan fingerprint density at radius 1 is 1.35 bits per heavy atom. The number of hydrogen-bond donors (Lipinski definition) is 2. The van der Waals surface area contributed by atoms with E-state index in [2.05, 4.69) is 10.6 Å². The third-order valence-electron chi connectivity index (χ3n) is 3.19. The first kappa shape index (κ1) is 14.0. The van der Waals surface area contributed by atoms with E-state index in [9.17, 15) is 9.59 Å². The lowest BCUT2D eigenvalue weighted by atomic mass is 10.0. The van der Waals surface area contributed by atoms with E-state index >= 15 is 0 Å². The Balaban J connectivity index is 2.20. The summed E-state index contributed by atoms with van der Waals surface area (Å²) >= 11 is 0. The molecule has 2 amide bonds. The molecular formula is C12H23N3O2. The standard InChI is InChI=1S/C12H23N3O2/c1-3-15(4-2)12(17)9-14-11(16)7-10-5-6-13-8-10/h10,13H,3-9H2,1-2H3,(H,14,16). The molecule has 2 N–H and O–H groups in total. The summed E-state index contributed by atoms with van der Waals surface area (Å²) in [4.78, 5) is 25.0. The maximum absolute atomic E-state index is 11.6. The molecule has 1 aliphatic rings. The highest BCUT2D eigenvalue weighted by Crippen LogP contribution is 2.11. The molecule has 1 aliphatic heterocycles. The van der Waals surface area contributed by atoms with Gasteiger partial charge < -0.3 is 15.5 Å². The van der Waals surface area contributed by atoms with Gasteiger partial charge in [-0.2, -0.15) is 0 Å². The smallest absolute Gasteiger partial charge is 0.241 e. The fourth-order valence-electron chi connectivity index (χ4n) is 2.09. The number of rotatable bonds is 6. The Morgan fingerprint density at radius 2 is 2.06 bits per heavy atom. The van der Waals surface area contributed by atoms with Crippen LogP contribution in [0.2, 0.25) is 0 Å². The van der Waals surface area contributed by atoms with E-state index in [1.54, 1.807) is 4.90 Å². The zero-order valence-corrected chi connectivity index (χ0v) is 10.8. The number of amides is 2. The SMILES string of the molecule is CCN(CC)C(=O)CNC(=O)CC1CCNC1. The maximum Gasteiger partial charge on any atom is 0.241 e. The van der Waals surface area contributed by atoms with Crippen molar-refractivity contribution in [2.24, 2.45) is 5.92 Å². The number of carbonyl (C=O) groups excluding carboxylic acids is 2. The largest absolute Gasteiger partial charge is 0.347 e. The van der Waals surface area contributed by atoms with E-state index in [0.717, 1.165) is 19.5 Å². The van der Waals surface area contributed by atoms with Gasteiger partial charge in [-0.1, -0.05) is 0 Å². The van der Waals surface area contributed by atoms with Crippen molar-refractivity contribution in [2.75, 3.05) is 32.7 Å². The number of carbonyl (C=O) groups is 2. The third kappa shape index (κ3) is 4.73. The molecule has 0 radical (unpaired) electrons. The molecule has 0 aliphatic carbocycles. The summed E-state index contributed by atoms with van der Waals surface area (Å²) in [6.45, 7) is 7.30. The fraction of sp³-hybridized carbons (Fsp3) is 0.833. The van der Waals surface area contributed by atoms with E-state index < -0.39 is 0 Å². The molecule has 5 nitrogen and oxygen atoms in total. The molecule has 0 bridgehead atoms. The fourth-order valence-corrected chi connectivity index (χ4v) is 2.09. The van der Waals surface area contributed by atoms with Crippen LogP contribution in [0.4, 0.5) is 0 Å². The van der Waals surface area contributed by atoms with Crippen LogP contribution in [0.3, 0.4) is 0 Å². The normalized spacial score (nSPS) is 19.1. The molecule has 5 heteroatoms. The van der Waals surface area contributed by atoms with Gasteiger partial charge in [0.25, 0.3) is 0 Å². The third-order valence-corrected chi connectivity index (χ3v) is 3.19. The van der Waals surface area contributed by atoms with Crippen LogP contribution in [0, 0.1) is 5.92 Å². The van der Waals surface area contributed by atoms with Crippen LogP contribution >= 0.6 is 0 Å². The number of nitrogens with zero attached hydrogens (tertiary/aromatic N) is 1. The summed E-state index contributed by atoms with van der Waals surface area (Å²) in [5, 5.41) is 5.92. The Labute approximate surface area is 103 Å². The second kappa shape index (κ2) is 7.27. The second-order valence-electron chi connectivity index (χ2n) is 4.41. The average molecular weight is 241 g/mol. The lowest BCUT2D eigenvalue weighted by Crippen LogP contribution is -2.40. The van der Waals surface area contributed by atoms with Crippen molar-refractivity contribution in [1.29, 1.82) is 0 Å². The van der Waals surface area contributed by atoms with E-state index in [1.165, 1.54) is 0 Å². The second-order valence-corrected chi connectivity index (χ2v) is 4.41. The predicted molar refractivity (Wildman–Crippen MR) is 66.5 cm³/mol. The van der Waals surface area contributed by atoms with E-state index in [1.807, 2.05) is 13.8 Å². The van der Waals surface area contributed by atoms with Crippen molar-refractivity contribution in [1.82, 2.24) is 15.5 Å².